The summed E-state index contributed by atoms with van der Waals surface area (Å²) in [4.78, 5) is 37.6. The van der Waals surface area contributed by atoms with Crippen molar-refractivity contribution in [2.75, 3.05) is 13.2 Å². The lowest BCUT2D eigenvalue weighted by atomic mass is 10.0. The van der Waals surface area contributed by atoms with Crippen LogP contribution in [-0.4, -0.2) is 37.2 Å². The molecule has 0 fully saturated rings. The van der Waals surface area contributed by atoms with E-state index in [4.69, 9.17) is 14.2 Å². The first-order chi connectivity index (χ1) is 29.5. The first kappa shape index (κ1) is 58.4. The molecule has 6 heteroatoms. The number of carbonyl (C=O) groups excluding carboxylic acids is 3. The van der Waals surface area contributed by atoms with Crippen LogP contribution in [0.4, 0.5) is 0 Å². The van der Waals surface area contributed by atoms with Crippen molar-refractivity contribution in [2.45, 2.75) is 316 Å². The van der Waals surface area contributed by atoms with Gasteiger partial charge in [0.1, 0.15) is 13.2 Å². The van der Waals surface area contributed by atoms with Crippen LogP contribution in [0.15, 0.2) is 0 Å². The molecular formula is C54H104O6. The Bertz CT molecular complexity index is 889. The molecule has 0 aromatic heterocycles. The molecule has 356 valence electrons. The summed E-state index contributed by atoms with van der Waals surface area (Å²) in [7, 11) is 0. The maximum absolute atomic E-state index is 12.7. The largest absolute Gasteiger partial charge is 0.462 e. The predicted molar refractivity (Wildman–Crippen MR) is 257 cm³/mol. The zero-order valence-corrected chi connectivity index (χ0v) is 40.8. The molecule has 0 amide bonds. The van der Waals surface area contributed by atoms with Crippen molar-refractivity contribution in [3.05, 3.63) is 0 Å². The van der Waals surface area contributed by atoms with Crippen LogP contribution in [0, 0.1) is 0 Å². The highest BCUT2D eigenvalue weighted by molar-refractivity contribution is 5.71. The summed E-state index contributed by atoms with van der Waals surface area (Å²) in [5.41, 5.74) is 0. The van der Waals surface area contributed by atoms with E-state index >= 15 is 0 Å². The highest BCUT2D eigenvalue weighted by atomic mass is 16.6. The van der Waals surface area contributed by atoms with Gasteiger partial charge in [-0.2, -0.15) is 0 Å². The topological polar surface area (TPSA) is 78.9 Å². The molecule has 0 aliphatic carbocycles. The number of ether oxygens (including phenoxy) is 3. The summed E-state index contributed by atoms with van der Waals surface area (Å²) >= 11 is 0. The van der Waals surface area contributed by atoms with E-state index in [2.05, 4.69) is 20.8 Å². The second-order valence-corrected chi connectivity index (χ2v) is 18.5. The third kappa shape index (κ3) is 47.5. The van der Waals surface area contributed by atoms with E-state index < -0.39 is 6.10 Å². The molecular weight excluding hydrogens is 745 g/mol. The van der Waals surface area contributed by atoms with Crippen molar-refractivity contribution < 1.29 is 28.6 Å². The van der Waals surface area contributed by atoms with E-state index in [1.54, 1.807) is 0 Å². The summed E-state index contributed by atoms with van der Waals surface area (Å²) in [6.07, 6.45) is 54.3. The summed E-state index contributed by atoms with van der Waals surface area (Å²) in [5.74, 6) is -0.857. The third-order valence-corrected chi connectivity index (χ3v) is 12.4. The van der Waals surface area contributed by atoms with E-state index in [0.717, 1.165) is 64.2 Å². The maximum Gasteiger partial charge on any atom is 0.306 e. The second kappa shape index (κ2) is 50.1. The van der Waals surface area contributed by atoms with Crippen molar-refractivity contribution in [3.8, 4) is 0 Å². The average molecular weight is 849 g/mol. The van der Waals surface area contributed by atoms with Gasteiger partial charge in [0.15, 0.2) is 6.10 Å². The smallest absolute Gasteiger partial charge is 0.306 e. The standard InChI is InChI=1S/C54H104O6/c1-4-7-10-13-15-17-19-21-22-23-24-25-26-27-28-29-30-31-33-34-36-38-41-44-47-53(56)59-50-51(49-58-52(55)46-43-40-12-9-6-3)60-54(57)48-45-42-39-37-35-32-20-18-16-14-11-8-5-2/h51H,4-50H2,1-3H3. The van der Waals surface area contributed by atoms with Crippen molar-refractivity contribution in [1.29, 1.82) is 0 Å². The van der Waals surface area contributed by atoms with Gasteiger partial charge in [0, 0.05) is 19.3 Å². The molecule has 0 bridgehead atoms. The monoisotopic (exact) mass is 849 g/mol. The molecule has 0 heterocycles. The molecule has 0 spiro atoms. The van der Waals surface area contributed by atoms with Gasteiger partial charge in [-0.05, 0) is 19.3 Å². The molecule has 0 radical (unpaired) electrons. The molecule has 1 unspecified atom stereocenters. The highest BCUT2D eigenvalue weighted by Gasteiger charge is 2.19. The van der Waals surface area contributed by atoms with Crippen LogP contribution in [-0.2, 0) is 28.6 Å². The van der Waals surface area contributed by atoms with Crippen molar-refractivity contribution >= 4 is 17.9 Å². The second-order valence-electron chi connectivity index (χ2n) is 18.5. The van der Waals surface area contributed by atoms with E-state index in [-0.39, 0.29) is 31.1 Å². The first-order valence-electron chi connectivity index (χ1n) is 27.0. The van der Waals surface area contributed by atoms with Gasteiger partial charge in [0.05, 0.1) is 0 Å². The third-order valence-electron chi connectivity index (χ3n) is 12.4. The Kier molecular flexibility index (Phi) is 48.7. The minimum Gasteiger partial charge on any atom is -0.462 e. The molecule has 0 saturated heterocycles. The fourth-order valence-electron chi connectivity index (χ4n) is 8.27. The Balaban J connectivity index is 3.98. The zero-order valence-electron chi connectivity index (χ0n) is 40.8. The molecule has 0 aromatic rings. The fraction of sp³-hybridized carbons (Fsp3) is 0.944. The van der Waals surface area contributed by atoms with Crippen LogP contribution in [0.25, 0.3) is 0 Å². The number of carbonyl (C=O) groups is 3. The summed E-state index contributed by atoms with van der Waals surface area (Å²) in [6.45, 7) is 6.60. The molecule has 0 aliphatic rings. The minimum atomic E-state index is -0.758. The van der Waals surface area contributed by atoms with Gasteiger partial charge in [-0.1, -0.05) is 271 Å². The number of unbranched alkanes of at least 4 members (excludes halogenated alkanes) is 39. The van der Waals surface area contributed by atoms with E-state index in [1.165, 1.54) is 205 Å². The lowest BCUT2D eigenvalue weighted by Crippen LogP contribution is -2.30. The highest BCUT2D eigenvalue weighted by Crippen LogP contribution is 2.17. The van der Waals surface area contributed by atoms with Gasteiger partial charge < -0.3 is 14.2 Å². The zero-order chi connectivity index (χ0) is 43.7. The SMILES string of the molecule is CCCCCCCCCCCCCCCCCCCCCCCCCCC(=O)OCC(COC(=O)CCCCCCC)OC(=O)CCCCCCCCCCCCCCC. The fourth-order valence-corrected chi connectivity index (χ4v) is 8.27. The molecule has 6 nitrogen and oxygen atoms in total. The summed E-state index contributed by atoms with van der Waals surface area (Å²) < 4.78 is 16.7. The van der Waals surface area contributed by atoms with Crippen LogP contribution in [0.2, 0.25) is 0 Å². The van der Waals surface area contributed by atoms with Crippen LogP contribution < -0.4 is 0 Å². The Morgan fingerprint density at radius 1 is 0.267 bits per heavy atom. The first-order valence-corrected chi connectivity index (χ1v) is 27.0. The van der Waals surface area contributed by atoms with Crippen molar-refractivity contribution in [1.82, 2.24) is 0 Å². The number of hydrogen-bond acceptors (Lipinski definition) is 6. The predicted octanol–water partition coefficient (Wildman–Crippen LogP) is 17.6. The van der Waals surface area contributed by atoms with Gasteiger partial charge in [-0.25, -0.2) is 0 Å². The van der Waals surface area contributed by atoms with E-state index in [0.29, 0.717) is 19.3 Å². The minimum absolute atomic E-state index is 0.0631. The van der Waals surface area contributed by atoms with Gasteiger partial charge in [-0.15, -0.1) is 0 Å². The van der Waals surface area contributed by atoms with Gasteiger partial charge in [0.2, 0.25) is 0 Å². The molecule has 0 aromatic carbocycles. The molecule has 1 atom stereocenters. The Morgan fingerprint density at radius 3 is 0.667 bits per heavy atom. The lowest BCUT2D eigenvalue weighted by molar-refractivity contribution is -0.167. The van der Waals surface area contributed by atoms with E-state index in [9.17, 15) is 14.4 Å². The van der Waals surface area contributed by atoms with Crippen molar-refractivity contribution in [2.24, 2.45) is 0 Å². The lowest BCUT2D eigenvalue weighted by Gasteiger charge is -2.18. The average Bonchev–Trinajstić information content (AvgIpc) is 3.24. The molecule has 60 heavy (non-hydrogen) atoms. The number of hydrogen-bond donors (Lipinski definition) is 0. The Labute approximate surface area is 374 Å². The van der Waals surface area contributed by atoms with Crippen LogP contribution >= 0.6 is 0 Å². The summed E-state index contributed by atoms with van der Waals surface area (Å²) in [5, 5.41) is 0. The number of esters is 3. The van der Waals surface area contributed by atoms with Crippen LogP contribution in [0.5, 0.6) is 0 Å². The van der Waals surface area contributed by atoms with Gasteiger partial charge >= 0.3 is 17.9 Å². The maximum atomic E-state index is 12.7. The Morgan fingerprint density at radius 2 is 0.450 bits per heavy atom. The normalized spacial score (nSPS) is 11.8. The molecule has 0 rings (SSSR count). The quantitative estimate of drug-likeness (QED) is 0.0345. The van der Waals surface area contributed by atoms with Crippen LogP contribution in [0.3, 0.4) is 0 Å². The Hall–Kier alpha value is -1.59. The summed E-state index contributed by atoms with van der Waals surface area (Å²) in [6, 6.07) is 0. The van der Waals surface area contributed by atoms with Gasteiger partial charge in [0.25, 0.3) is 0 Å². The molecule has 0 aliphatic heterocycles. The number of rotatable bonds is 50. The molecule has 0 N–H and O–H groups in total. The van der Waals surface area contributed by atoms with E-state index in [1.807, 2.05) is 0 Å². The molecule has 0 saturated carbocycles. The van der Waals surface area contributed by atoms with Crippen LogP contribution in [0.1, 0.15) is 310 Å². The van der Waals surface area contributed by atoms with Gasteiger partial charge in [-0.3, -0.25) is 14.4 Å². The van der Waals surface area contributed by atoms with Crippen molar-refractivity contribution in [3.63, 3.8) is 0 Å².